The Hall–Kier alpha value is -3.86. The van der Waals surface area contributed by atoms with Crippen LogP contribution in [0.25, 0.3) is 6.08 Å². The van der Waals surface area contributed by atoms with Crippen molar-refractivity contribution in [1.29, 1.82) is 0 Å². The highest BCUT2D eigenvalue weighted by Crippen LogP contribution is 2.32. The quantitative estimate of drug-likeness (QED) is 0.272. The molecular formula is C24H18O5. The zero-order valence-electron chi connectivity index (χ0n) is 15.8. The minimum atomic E-state index is -0.500. The number of esters is 1. The Balaban J connectivity index is 1.45. The van der Waals surface area contributed by atoms with Gasteiger partial charge in [-0.3, -0.25) is 4.79 Å². The van der Waals surface area contributed by atoms with E-state index in [2.05, 4.69) is 0 Å². The molecule has 1 aliphatic rings. The zero-order chi connectivity index (χ0) is 20.2. The van der Waals surface area contributed by atoms with E-state index in [9.17, 15) is 9.59 Å². The number of carbonyl (C=O) groups excluding carboxylic acids is 2. The van der Waals surface area contributed by atoms with E-state index in [1.807, 2.05) is 25.1 Å². The smallest absolute Gasteiger partial charge is 0.343 e. The van der Waals surface area contributed by atoms with Gasteiger partial charge < -0.3 is 14.2 Å². The van der Waals surface area contributed by atoms with E-state index in [4.69, 9.17) is 14.2 Å². The van der Waals surface area contributed by atoms with E-state index in [0.717, 1.165) is 11.1 Å². The van der Waals surface area contributed by atoms with E-state index >= 15 is 0 Å². The Morgan fingerprint density at radius 2 is 1.66 bits per heavy atom. The van der Waals surface area contributed by atoms with Gasteiger partial charge in [-0.2, -0.15) is 0 Å². The van der Waals surface area contributed by atoms with E-state index < -0.39 is 5.97 Å². The van der Waals surface area contributed by atoms with Crippen LogP contribution in [0.5, 0.6) is 17.2 Å². The van der Waals surface area contributed by atoms with E-state index in [1.54, 1.807) is 54.6 Å². The van der Waals surface area contributed by atoms with Crippen LogP contribution in [-0.2, 0) is 0 Å². The van der Waals surface area contributed by atoms with E-state index in [0.29, 0.717) is 28.4 Å². The van der Waals surface area contributed by atoms with Crippen LogP contribution in [0.3, 0.4) is 0 Å². The predicted octanol–water partition coefficient (Wildman–Crippen LogP) is 4.84. The van der Waals surface area contributed by atoms with Crippen molar-refractivity contribution in [3.63, 3.8) is 0 Å². The summed E-state index contributed by atoms with van der Waals surface area (Å²) in [5.74, 6) is 0.920. The lowest BCUT2D eigenvalue weighted by molar-refractivity contribution is 0.0734. The molecule has 3 aromatic carbocycles. The molecule has 29 heavy (non-hydrogen) atoms. The van der Waals surface area contributed by atoms with Gasteiger partial charge in [0.15, 0.2) is 17.3 Å². The summed E-state index contributed by atoms with van der Waals surface area (Å²) in [5.41, 5.74) is 2.84. The van der Waals surface area contributed by atoms with Gasteiger partial charge in [0.2, 0.25) is 6.79 Å². The summed E-state index contributed by atoms with van der Waals surface area (Å²) < 4.78 is 16.0. The Labute approximate surface area is 168 Å². The SMILES string of the molecule is Cc1ccc(C(=O)/C=C/c2cccc(OC(=O)c3ccc4c(c3)OCO4)c2)cc1. The number of carbonyl (C=O) groups is 2. The molecule has 5 nitrogen and oxygen atoms in total. The van der Waals surface area contributed by atoms with Crippen LogP contribution >= 0.6 is 0 Å². The first-order valence-electron chi connectivity index (χ1n) is 9.09. The highest BCUT2D eigenvalue weighted by molar-refractivity contribution is 6.06. The predicted molar refractivity (Wildman–Crippen MR) is 109 cm³/mol. The maximum atomic E-state index is 12.4. The molecule has 4 rings (SSSR count). The van der Waals surface area contributed by atoms with Gasteiger partial charge in [-0.05, 0) is 48.9 Å². The number of fused-ring (bicyclic) bond motifs is 1. The molecule has 3 aromatic rings. The molecule has 0 fully saturated rings. The molecule has 0 unspecified atom stereocenters. The first kappa shape index (κ1) is 18.5. The summed E-state index contributed by atoms with van der Waals surface area (Å²) in [5, 5.41) is 0. The molecule has 1 aliphatic heterocycles. The monoisotopic (exact) mass is 386 g/mol. The number of allylic oxidation sites excluding steroid dienone is 1. The van der Waals surface area contributed by atoms with Crippen molar-refractivity contribution in [2.45, 2.75) is 6.92 Å². The minimum Gasteiger partial charge on any atom is -0.454 e. The first-order chi connectivity index (χ1) is 14.1. The lowest BCUT2D eigenvalue weighted by Crippen LogP contribution is -2.08. The summed E-state index contributed by atoms with van der Waals surface area (Å²) in [7, 11) is 0. The Kier molecular flexibility index (Phi) is 5.12. The van der Waals surface area contributed by atoms with Gasteiger partial charge in [0, 0.05) is 5.56 Å². The van der Waals surface area contributed by atoms with Crippen molar-refractivity contribution in [3.8, 4) is 17.2 Å². The van der Waals surface area contributed by atoms with Gasteiger partial charge in [0.1, 0.15) is 5.75 Å². The van der Waals surface area contributed by atoms with Crippen LogP contribution in [0.2, 0.25) is 0 Å². The summed E-state index contributed by atoms with van der Waals surface area (Å²) >= 11 is 0. The maximum absolute atomic E-state index is 12.4. The third-order valence-corrected chi connectivity index (χ3v) is 4.44. The van der Waals surface area contributed by atoms with Crippen LogP contribution in [0.15, 0.2) is 72.8 Å². The third kappa shape index (κ3) is 4.35. The highest BCUT2D eigenvalue weighted by Gasteiger charge is 2.17. The third-order valence-electron chi connectivity index (χ3n) is 4.44. The van der Waals surface area contributed by atoms with Crippen molar-refractivity contribution >= 4 is 17.8 Å². The van der Waals surface area contributed by atoms with Crippen molar-refractivity contribution < 1.29 is 23.8 Å². The van der Waals surface area contributed by atoms with Crippen molar-refractivity contribution in [2.24, 2.45) is 0 Å². The molecule has 0 aromatic heterocycles. The molecule has 0 bridgehead atoms. The molecule has 0 saturated carbocycles. The molecule has 0 atom stereocenters. The van der Waals surface area contributed by atoms with Crippen molar-refractivity contribution in [2.75, 3.05) is 6.79 Å². The molecule has 5 heteroatoms. The lowest BCUT2D eigenvalue weighted by atomic mass is 10.1. The molecule has 0 spiro atoms. The second kappa shape index (κ2) is 8.02. The average molecular weight is 386 g/mol. The first-order valence-corrected chi connectivity index (χ1v) is 9.09. The minimum absolute atomic E-state index is 0.0900. The fourth-order valence-corrected chi connectivity index (χ4v) is 2.86. The van der Waals surface area contributed by atoms with Crippen LogP contribution < -0.4 is 14.2 Å². The maximum Gasteiger partial charge on any atom is 0.343 e. The standard InChI is InChI=1S/C24H18O5/c1-16-5-8-18(9-6-16)21(25)11-7-17-3-2-4-20(13-17)29-24(26)19-10-12-22-23(14-19)28-15-27-22/h2-14H,15H2,1H3/b11-7+. The molecule has 0 amide bonds. The van der Waals surface area contributed by atoms with Gasteiger partial charge >= 0.3 is 5.97 Å². The summed E-state index contributed by atoms with van der Waals surface area (Å²) in [6.45, 7) is 2.12. The number of ketones is 1. The number of hydrogen-bond donors (Lipinski definition) is 0. The number of aryl methyl sites for hydroxylation is 1. The second-order valence-corrected chi connectivity index (χ2v) is 6.59. The second-order valence-electron chi connectivity index (χ2n) is 6.59. The summed E-state index contributed by atoms with van der Waals surface area (Å²) in [6.07, 6.45) is 3.20. The Morgan fingerprint density at radius 1 is 0.897 bits per heavy atom. The number of hydrogen-bond acceptors (Lipinski definition) is 5. The van der Waals surface area contributed by atoms with E-state index in [1.165, 1.54) is 6.08 Å². The van der Waals surface area contributed by atoms with Gasteiger partial charge in [0.05, 0.1) is 5.56 Å². The van der Waals surface area contributed by atoms with Crippen LogP contribution in [0.1, 0.15) is 31.8 Å². The molecular weight excluding hydrogens is 368 g/mol. The van der Waals surface area contributed by atoms with Crippen molar-refractivity contribution in [3.05, 3.63) is 95.1 Å². The average Bonchev–Trinajstić information content (AvgIpc) is 3.20. The molecule has 1 heterocycles. The summed E-state index contributed by atoms with van der Waals surface area (Å²) in [6, 6.07) is 19.3. The molecule has 0 aliphatic carbocycles. The van der Waals surface area contributed by atoms with Crippen LogP contribution in [-0.4, -0.2) is 18.5 Å². The van der Waals surface area contributed by atoms with Crippen molar-refractivity contribution in [1.82, 2.24) is 0 Å². The lowest BCUT2D eigenvalue weighted by Gasteiger charge is -2.06. The zero-order valence-corrected chi connectivity index (χ0v) is 15.8. The fourth-order valence-electron chi connectivity index (χ4n) is 2.86. The van der Waals surface area contributed by atoms with Gasteiger partial charge in [0.25, 0.3) is 0 Å². The highest BCUT2D eigenvalue weighted by atomic mass is 16.7. The molecule has 0 saturated heterocycles. The topological polar surface area (TPSA) is 61.8 Å². The molecule has 144 valence electrons. The number of rotatable bonds is 5. The normalized spacial score (nSPS) is 12.2. The van der Waals surface area contributed by atoms with Gasteiger partial charge in [-0.1, -0.05) is 48.0 Å². The summed E-state index contributed by atoms with van der Waals surface area (Å²) in [4.78, 5) is 24.7. The number of ether oxygens (including phenoxy) is 3. The van der Waals surface area contributed by atoms with Gasteiger partial charge in [-0.25, -0.2) is 4.79 Å². The van der Waals surface area contributed by atoms with Crippen LogP contribution in [0.4, 0.5) is 0 Å². The van der Waals surface area contributed by atoms with E-state index in [-0.39, 0.29) is 12.6 Å². The fraction of sp³-hybridized carbons (Fsp3) is 0.0833. The van der Waals surface area contributed by atoms with Gasteiger partial charge in [-0.15, -0.1) is 0 Å². The Morgan fingerprint density at radius 3 is 2.48 bits per heavy atom. The Bertz CT molecular complexity index is 1100. The molecule has 0 N–H and O–H groups in total. The molecule has 0 radical (unpaired) electrons. The number of benzene rings is 3. The largest absolute Gasteiger partial charge is 0.454 e. The van der Waals surface area contributed by atoms with Crippen LogP contribution in [0, 0.1) is 6.92 Å².